The Labute approximate surface area is 117 Å². The Morgan fingerprint density at radius 3 is 2.74 bits per heavy atom. The van der Waals surface area contributed by atoms with E-state index in [2.05, 4.69) is 12.2 Å². The van der Waals surface area contributed by atoms with Crippen molar-refractivity contribution < 1.29 is 9.72 Å². The molecule has 6 heteroatoms. The summed E-state index contributed by atoms with van der Waals surface area (Å²) in [5.41, 5.74) is 0.979. The molecule has 1 aromatic rings. The minimum absolute atomic E-state index is 0.0979. The molecule has 1 N–H and O–H groups in total. The number of unbranched alkanes of at least 4 members (excludes halogenated alkanes) is 1. The minimum Gasteiger partial charge on any atom is -0.319 e. The van der Waals surface area contributed by atoms with Crippen molar-refractivity contribution in [2.75, 3.05) is 5.32 Å². The van der Waals surface area contributed by atoms with Crippen molar-refractivity contribution in [3.8, 4) is 0 Å². The van der Waals surface area contributed by atoms with Crippen molar-refractivity contribution in [1.29, 1.82) is 0 Å². The van der Waals surface area contributed by atoms with Crippen LogP contribution >= 0.6 is 11.6 Å². The van der Waals surface area contributed by atoms with E-state index >= 15 is 0 Å². The lowest BCUT2D eigenvalue weighted by atomic mass is 10.1. The molecule has 5 nitrogen and oxygen atoms in total. The smallest absolute Gasteiger partial charge is 0.293 e. The topological polar surface area (TPSA) is 72.2 Å². The number of nitro groups is 1. The lowest BCUT2D eigenvalue weighted by molar-refractivity contribution is -0.384. The first kappa shape index (κ1) is 15.4. The van der Waals surface area contributed by atoms with Gasteiger partial charge < -0.3 is 5.32 Å². The molecule has 0 aliphatic heterocycles. The van der Waals surface area contributed by atoms with E-state index in [1.165, 1.54) is 13.0 Å². The van der Waals surface area contributed by atoms with E-state index in [9.17, 15) is 14.9 Å². The number of amides is 1. The van der Waals surface area contributed by atoms with Gasteiger partial charge in [0, 0.05) is 6.07 Å². The van der Waals surface area contributed by atoms with E-state index in [1.807, 2.05) is 0 Å². The Bertz CT molecular complexity index is 475. The summed E-state index contributed by atoms with van der Waals surface area (Å²) in [4.78, 5) is 22.0. The molecule has 1 aromatic carbocycles. The van der Waals surface area contributed by atoms with Crippen LogP contribution in [0.2, 0.25) is 0 Å². The Kier molecular flexibility index (Phi) is 5.76. The molecule has 0 aliphatic rings. The van der Waals surface area contributed by atoms with E-state index in [0.29, 0.717) is 0 Å². The largest absolute Gasteiger partial charge is 0.319 e. The number of alkyl halides is 1. The van der Waals surface area contributed by atoms with Gasteiger partial charge in [-0.15, -0.1) is 11.6 Å². The van der Waals surface area contributed by atoms with Crippen LogP contribution in [-0.2, 0) is 11.2 Å². The molecule has 0 spiro atoms. The van der Waals surface area contributed by atoms with Crippen molar-refractivity contribution in [1.82, 2.24) is 0 Å². The number of aryl methyl sites for hydroxylation is 1. The highest BCUT2D eigenvalue weighted by Crippen LogP contribution is 2.26. The molecule has 1 rings (SSSR count). The number of rotatable bonds is 6. The summed E-state index contributed by atoms with van der Waals surface area (Å²) >= 11 is 5.63. The van der Waals surface area contributed by atoms with E-state index in [0.717, 1.165) is 24.8 Å². The standard InChI is InChI=1S/C13H17ClN2O3/c1-3-4-5-10-6-7-11(12(8-10)16(18)19)15-13(17)9(2)14/h6-9H,3-5H2,1-2H3,(H,15,17). The molecular weight excluding hydrogens is 268 g/mol. The fourth-order valence-electron chi connectivity index (χ4n) is 1.60. The molecule has 104 valence electrons. The fourth-order valence-corrected chi connectivity index (χ4v) is 1.66. The average Bonchev–Trinajstić information content (AvgIpc) is 2.37. The van der Waals surface area contributed by atoms with Gasteiger partial charge in [-0.1, -0.05) is 19.4 Å². The van der Waals surface area contributed by atoms with E-state index < -0.39 is 16.2 Å². The normalized spacial score (nSPS) is 11.9. The predicted molar refractivity (Wildman–Crippen MR) is 75.7 cm³/mol. The van der Waals surface area contributed by atoms with E-state index in [1.54, 1.807) is 12.1 Å². The first-order chi connectivity index (χ1) is 8.95. The maximum Gasteiger partial charge on any atom is 0.293 e. The van der Waals surface area contributed by atoms with Crippen molar-refractivity contribution in [2.24, 2.45) is 0 Å². The third-order valence-corrected chi connectivity index (χ3v) is 2.90. The molecule has 1 unspecified atom stereocenters. The van der Waals surface area contributed by atoms with Crippen LogP contribution in [-0.4, -0.2) is 16.2 Å². The lowest BCUT2D eigenvalue weighted by Gasteiger charge is -2.08. The first-order valence-electron chi connectivity index (χ1n) is 6.18. The van der Waals surface area contributed by atoms with Gasteiger partial charge in [-0.3, -0.25) is 14.9 Å². The average molecular weight is 285 g/mol. The molecule has 1 atom stereocenters. The Balaban J connectivity index is 2.98. The second-order valence-electron chi connectivity index (χ2n) is 4.32. The number of nitro benzene ring substituents is 1. The number of carbonyl (C=O) groups is 1. The predicted octanol–water partition coefficient (Wildman–Crippen LogP) is 3.50. The third-order valence-electron chi connectivity index (χ3n) is 2.70. The zero-order chi connectivity index (χ0) is 14.4. The van der Waals surface area contributed by atoms with Gasteiger partial charge in [-0.05, 0) is 31.4 Å². The van der Waals surface area contributed by atoms with Crippen LogP contribution in [0, 0.1) is 10.1 Å². The zero-order valence-electron chi connectivity index (χ0n) is 11.0. The minimum atomic E-state index is -0.737. The molecule has 0 heterocycles. The van der Waals surface area contributed by atoms with Gasteiger partial charge >= 0.3 is 0 Å². The van der Waals surface area contributed by atoms with E-state index in [4.69, 9.17) is 11.6 Å². The second kappa shape index (κ2) is 7.09. The number of carbonyl (C=O) groups excluding carboxylic acids is 1. The number of benzene rings is 1. The van der Waals surface area contributed by atoms with Gasteiger partial charge in [0.05, 0.1) is 4.92 Å². The molecule has 1 amide bonds. The highest BCUT2D eigenvalue weighted by atomic mass is 35.5. The molecule has 19 heavy (non-hydrogen) atoms. The van der Waals surface area contributed by atoms with Crippen molar-refractivity contribution in [2.45, 2.75) is 38.5 Å². The third kappa shape index (κ3) is 4.52. The summed E-state index contributed by atoms with van der Waals surface area (Å²) < 4.78 is 0. The summed E-state index contributed by atoms with van der Waals surface area (Å²) in [5, 5.41) is 12.7. The monoisotopic (exact) mass is 284 g/mol. The Morgan fingerprint density at radius 2 is 2.21 bits per heavy atom. The SMILES string of the molecule is CCCCc1ccc(NC(=O)C(C)Cl)c([N+](=O)[O-])c1. The van der Waals surface area contributed by atoms with Gasteiger partial charge in [0.25, 0.3) is 5.69 Å². The van der Waals surface area contributed by atoms with Gasteiger partial charge in [-0.2, -0.15) is 0 Å². The van der Waals surface area contributed by atoms with Crippen LogP contribution in [0.1, 0.15) is 32.3 Å². The Morgan fingerprint density at radius 1 is 1.53 bits per heavy atom. The first-order valence-corrected chi connectivity index (χ1v) is 6.61. The molecule has 0 saturated heterocycles. The van der Waals surface area contributed by atoms with E-state index in [-0.39, 0.29) is 11.4 Å². The zero-order valence-corrected chi connectivity index (χ0v) is 11.7. The highest BCUT2D eigenvalue weighted by Gasteiger charge is 2.18. The summed E-state index contributed by atoms with van der Waals surface area (Å²) in [6.07, 6.45) is 2.79. The second-order valence-corrected chi connectivity index (χ2v) is 4.97. The summed E-state index contributed by atoms with van der Waals surface area (Å²) in [5.74, 6) is -0.453. The quantitative estimate of drug-likeness (QED) is 0.493. The van der Waals surface area contributed by atoms with Gasteiger partial charge in [0.15, 0.2) is 0 Å². The number of hydrogen-bond acceptors (Lipinski definition) is 3. The summed E-state index contributed by atoms with van der Waals surface area (Å²) in [6, 6.07) is 4.85. The molecule has 0 fully saturated rings. The Hall–Kier alpha value is -1.62. The molecule has 0 aliphatic carbocycles. The maximum absolute atomic E-state index is 11.5. The number of hydrogen-bond donors (Lipinski definition) is 1. The highest BCUT2D eigenvalue weighted by molar-refractivity contribution is 6.32. The molecular formula is C13H17ClN2O3. The van der Waals surface area contributed by atoms with Crippen molar-refractivity contribution in [3.05, 3.63) is 33.9 Å². The molecule has 0 saturated carbocycles. The summed E-state index contributed by atoms with van der Waals surface area (Å²) in [7, 11) is 0. The number of anilines is 1. The van der Waals surface area contributed by atoms with Crippen LogP contribution in [0.15, 0.2) is 18.2 Å². The van der Waals surface area contributed by atoms with Crippen LogP contribution in [0.3, 0.4) is 0 Å². The molecule has 0 radical (unpaired) electrons. The summed E-state index contributed by atoms with van der Waals surface area (Å²) in [6.45, 7) is 3.57. The number of nitrogens with one attached hydrogen (secondary N) is 1. The fraction of sp³-hybridized carbons (Fsp3) is 0.462. The number of halogens is 1. The van der Waals surface area contributed by atoms with Crippen LogP contribution in [0.5, 0.6) is 0 Å². The lowest BCUT2D eigenvalue weighted by Crippen LogP contribution is -2.20. The molecule has 0 aromatic heterocycles. The van der Waals surface area contributed by atoms with Crippen molar-refractivity contribution in [3.63, 3.8) is 0 Å². The number of nitrogens with zero attached hydrogens (tertiary/aromatic N) is 1. The van der Waals surface area contributed by atoms with Gasteiger partial charge in [-0.25, -0.2) is 0 Å². The van der Waals surface area contributed by atoms with Crippen LogP contribution in [0.4, 0.5) is 11.4 Å². The molecule has 0 bridgehead atoms. The van der Waals surface area contributed by atoms with Crippen LogP contribution in [0.25, 0.3) is 0 Å². The maximum atomic E-state index is 11.5. The van der Waals surface area contributed by atoms with Crippen LogP contribution < -0.4 is 5.32 Å². The van der Waals surface area contributed by atoms with Gasteiger partial charge in [0.2, 0.25) is 5.91 Å². The van der Waals surface area contributed by atoms with Gasteiger partial charge in [0.1, 0.15) is 11.1 Å². The van der Waals surface area contributed by atoms with Crippen molar-refractivity contribution >= 4 is 28.9 Å².